The molecule has 0 atom stereocenters. The molecular weight excluding hydrogens is 294 g/mol. The number of rotatable bonds is 5. The first-order valence-electron chi connectivity index (χ1n) is 6.02. The number of esters is 1. The van der Waals surface area contributed by atoms with E-state index in [1.165, 1.54) is 0 Å². The van der Waals surface area contributed by atoms with E-state index in [4.69, 9.17) is 4.74 Å². The molecule has 0 spiro atoms. The van der Waals surface area contributed by atoms with Crippen molar-refractivity contribution in [1.82, 2.24) is 5.32 Å². The molecular formula is C14H20BrNO2. The predicted molar refractivity (Wildman–Crippen MR) is 76.3 cm³/mol. The molecule has 0 amide bonds. The number of ether oxygens (including phenoxy) is 1. The first kappa shape index (κ1) is 15.2. The molecule has 1 aromatic rings. The number of halogens is 1. The van der Waals surface area contributed by atoms with Gasteiger partial charge in [0, 0.05) is 16.6 Å². The molecule has 0 bridgehead atoms. The van der Waals surface area contributed by atoms with Crippen LogP contribution in [0.5, 0.6) is 0 Å². The van der Waals surface area contributed by atoms with Crippen molar-refractivity contribution in [3.05, 3.63) is 34.3 Å². The van der Waals surface area contributed by atoms with Gasteiger partial charge >= 0.3 is 5.97 Å². The van der Waals surface area contributed by atoms with E-state index in [9.17, 15) is 4.79 Å². The molecule has 100 valence electrons. The molecule has 18 heavy (non-hydrogen) atoms. The van der Waals surface area contributed by atoms with Gasteiger partial charge in [-0.2, -0.15) is 0 Å². The van der Waals surface area contributed by atoms with E-state index in [0.717, 1.165) is 10.0 Å². The van der Waals surface area contributed by atoms with E-state index in [0.29, 0.717) is 19.6 Å². The first-order valence-corrected chi connectivity index (χ1v) is 6.81. The van der Waals surface area contributed by atoms with Crippen molar-refractivity contribution in [2.75, 3.05) is 6.54 Å². The summed E-state index contributed by atoms with van der Waals surface area (Å²) in [7, 11) is 0. The van der Waals surface area contributed by atoms with Gasteiger partial charge < -0.3 is 10.1 Å². The highest BCUT2D eigenvalue weighted by Gasteiger charge is 2.10. The molecule has 4 heteroatoms. The summed E-state index contributed by atoms with van der Waals surface area (Å²) < 4.78 is 6.19. The summed E-state index contributed by atoms with van der Waals surface area (Å²) in [5, 5.41) is 3.25. The summed E-state index contributed by atoms with van der Waals surface area (Å²) in [5.74, 6) is -0.174. The first-order chi connectivity index (χ1) is 8.37. The van der Waals surface area contributed by atoms with E-state index in [1.807, 2.05) is 24.3 Å². The van der Waals surface area contributed by atoms with Crippen LogP contribution in [0, 0.1) is 0 Å². The summed E-state index contributed by atoms with van der Waals surface area (Å²) in [5.41, 5.74) is 1.02. The lowest BCUT2D eigenvalue weighted by molar-refractivity contribution is -0.144. The number of benzene rings is 1. The molecule has 0 unspecified atom stereocenters. The van der Waals surface area contributed by atoms with Gasteiger partial charge in [0.2, 0.25) is 0 Å². The molecule has 1 N–H and O–H groups in total. The van der Waals surface area contributed by atoms with Crippen molar-refractivity contribution >= 4 is 21.9 Å². The minimum Gasteiger partial charge on any atom is -0.461 e. The zero-order chi connectivity index (χ0) is 13.6. The average molecular weight is 314 g/mol. The second-order valence-electron chi connectivity index (χ2n) is 5.22. The number of nitrogens with one attached hydrogen (secondary N) is 1. The van der Waals surface area contributed by atoms with Crippen molar-refractivity contribution in [1.29, 1.82) is 0 Å². The SMILES string of the molecule is CC(C)(C)NCCC(=O)OCc1cccc(Br)c1. The van der Waals surface area contributed by atoms with Crippen LogP contribution < -0.4 is 5.32 Å². The van der Waals surface area contributed by atoms with Crippen LogP contribution in [-0.4, -0.2) is 18.1 Å². The Balaban J connectivity index is 2.25. The number of hydrogen-bond acceptors (Lipinski definition) is 3. The van der Waals surface area contributed by atoms with E-state index in [1.54, 1.807) is 0 Å². The normalized spacial score (nSPS) is 11.3. The quantitative estimate of drug-likeness (QED) is 0.848. The topological polar surface area (TPSA) is 38.3 Å². The third-order valence-corrected chi connectivity index (χ3v) is 2.77. The van der Waals surface area contributed by atoms with Crippen LogP contribution in [0.3, 0.4) is 0 Å². The lowest BCUT2D eigenvalue weighted by Gasteiger charge is -2.19. The molecule has 0 aliphatic rings. The van der Waals surface area contributed by atoms with Crippen LogP contribution in [-0.2, 0) is 16.1 Å². The van der Waals surface area contributed by atoms with Gasteiger partial charge in [-0.25, -0.2) is 0 Å². The van der Waals surface area contributed by atoms with Crippen molar-refractivity contribution in [3.63, 3.8) is 0 Å². The van der Waals surface area contributed by atoms with Gasteiger partial charge in [0.1, 0.15) is 6.61 Å². The highest BCUT2D eigenvalue weighted by atomic mass is 79.9. The highest BCUT2D eigenvalue weighted by molar-refractivity contribution is 9.10. The zero-order valence-corrected chi connectivity index (χ0v) is 12.7. The Morgan fingerprint density at radius 2 is 2.11 bits per heavy atom. The molecule has 0 saturated heterocycles. The number of hydrogen-bond donors (Lipinski definition) is 1. The molecule has 0 aliphatic carbocycles. The molecule has 0 heterocycles. The van der Waals surface area contributed by atoms with Gasteiger partial charge in [-0.05, 0) is 38.5 Å². The largest absolute Gasteiger partial charge is 0.461 e. The molecule has 0 fully saturated rings. The van der Waals surface area contributed by atoms with Crippen LogP contribution in [0.4, 0.5) is 0 Å². The Kier molecular flexibility index (Phi) is 5.82. The van der Waals surface area contributed by atoms with E-state index in [-0.39, 0.29) is 11.5 Å². The third-order valence-electron chi connectivity index (χ3n) is 2.27. The summed E-state index contributed by atoms with van der Waals surface area (Å²) >= 11 is 3.38. The van der Waals surface area contributed by atoms with Crippen molar-refractivity contribution in [2.45, 2.75) is 39.3 Å². The van der Waals surface area contributed by atoms with Crippen LogP contribution in [0.25, 0.3) is 0 Å². The van der Waals surface area contributed by atoms with Gasteiger partial charge in [0.25, 0.3) is 0 Å². The van der Waals surface area contributed by atoms with Gasteiger partial charge in [0.05, 0.1) is 6.42 Å². The van der Waals surface area contributed by atoms with Gasteiger partial charge in [-0.3, -0.25) is 4.79 Å². The van der Waals surface area contributed by atoms with Gasteiger partial charge in [-0.1, -0.05) is 28.1 Å². The minimum atomic E-state index is -0.174. The molecule has 0 aromatic heterocycles. The van der Waals surface area contributed by atoms with Crippen molar-refractivity contribution in [2.24, 2.45) is 0 Å². The standard InChI is InChI=1S/C14H20BrNO2/c1-14(2,3)16-8-7-13(17)18-10-11-5-4-6-12(15)9-11/h4-6,9,16H,7-8,10H2,1-3H3. The maximum Gasteiger partial charge on any atom is 0.307 e. The van der Waals surface area contributed by atoms with Gasteiger partial charge in [-0.15, -0.1) is 0 Å². The Bertz CT molecular complexity index is 399. The van der Waals surface area contributed by atoms with E-state index < -0.39 is 0 Å². The molecule has 0 saturated carbocycles. The fraction of sp³-hybridized carbons (Fsp3) is 0.500. The highest BCUT2D eigenvalue weighted by Crippen LogP contribution is 2.12. The lowest BCUT2D eigenvalue weighted by Crippen LogP contribution is -2.37. The van der Waals surface area contributed by atoms with Crippen LogP contribution in [0.2, 0.25) is 0 Å². The van der Waals surface area contributed by atoms with Crippen LogP contribution in [0.1, 0.15) is 32.8 Å². The molecule has 0 aliphatic heterocycles. The minimum absolute atomic E-state index is 0.0323. The van der Waals surface area contributed by atoms with Crippen molar-refractivity contribution < 1.29 is 9.53 Å². The fourth-order valence-corrected chi connectivity index (χ4v) is 1.85. The number of carbonyl (C=O) groups is 1. The molecule has 3 nitrogen and oxygen atoms in total. The summed E-state index contributed by atoms with van der Waals surface area (Å²) in [6.45, 7) is 7.17. The fourth-order valence-electron chi connectivity index (χ4n) is 1.40. The monoisotopic (exact) mass is 313 g/mol. The predicted octanol–water partition coefficient (Wildman–Crippen LogP) is 3.27. The Hall–Kier alpha value is -0.870. The number of carbonyl (C=O) groups excluding carboxylic acids is 1. The lowest BCUT2D eigenvalue weighted by atomic mass is 10.1. The summed E-state index contributed by atoms with van der Waals surface area (Å²) in [6, 6.07) is 7.75. The maximum absolute atomic E-state index is 11.5. The van der Waals surface area contributed by atoms with E-state index >= 15 is 0 Å². The summed E-state index contributed by atoms with van der Waals surface area (Å²) in [6.07, 6.45) is 0.394. The Morgan fingerprint density at radius 1 is 1.39 bits per heavy atom. The molecule has 1 rings (SSSR count). The molecule has 0 radical (unpaired) electrons. The third kappa shape index (κ3) is 6.77. The second-order valence-corrected chi connectivity index (χ2v) is 6.13. The van der Waals surface area contributed by atoms with Crippen LogP contribution >= 0.6 is 15.9 Å². The maximum atomic E-state index is 11.5. The summed E-state index contributed by atoms with van der Waals surface area (Å²) in [4.78, 5) is 11.5. The second kappa shape index (κ2) is 6.90. The average Bonchev–Trinajstić information content (AvgIpc) is 2.25. The van der Waals surface area contributed by atoms with E-state index in [2.05, 4.69) is 42.0 Å². The van der Waals surface area contributed by atoms with Gasteiger partial charge in [0.15, 0.2) is 0 Å². The Labute approximate surface area is 117 Å². The van der Waals surface area contributed by atoms with Crippen molar-refractivity contribution in [3.8, 4) is 0 Å². The smallest absolute Gasteiger partial charge is 0.307 e. The zero-order valence-electron chi connectivity index (χ0n) is 11.1. The molecule has 1 aromatic carbocycles. The van der Waals surface area contributed by atoms with Crippen LogP contribution in [0.15, 0.2) is 28.7 Å². The Morgan fingerprint density at radius 3 is 2.72 bits per heavy atom.